The number of benzene rings is 10. The molecule has 0 aliphatic heterocycles. The third-order valence-corrected chi connectivity index (χ3v) is 12.2. The van der Waals surface area contributed by atoms with Gasteiger partial charge in [-0.25, -0.2) is 0 Å². The lowest BCUT2D eigenvalue weighted by molar-refractivity contribution is 0.660. The Morgan fingerprint density at radius 1 is 0.339 bits per heavy atom. The molecule has 0 fully saturated rings. The minimum atomic E-state index is -0.102. The standard InChI is InChI=1S/C55H39N/c1-55(2)51-21-8-7-19-49(51)54-52(55)22-11-23-53(54)56(43-16-9-15-41(34-43)46-20-10-14-37-12-3-5-17-44(37)46)42-30-26-36(27-31-42)40-25-24-39-29-32-47-45-18-6-4-13-38(45)28-33-48(47)50(39)35-40/h3-35H,1-2H3. The Morgan fingerprint density at radius 2 is 0.929 bits per heavy atom. The van der Waals surface area contributed by atoms with E-state index < -0.39 is 0 Å². The predicted molar refractivity (Wildman–Crippen MR) is 240 cm³/mol. The molecular formula is C55H39N. The van der Waals surface area contributed by atoms with E-state index in [0.717, 1.165) is 11.4 Å². The van der Waals surface area contributed by atoms with Crippen molar-refractivity contribution < 1.29 is 0 Å². The largest absolute Gasteiger partial charge is 0.310 e. The highest BCUT2D eigenvalue weighted by Crippen LogP contribution is 2.54. The molecule has 0 amide bonds. The van der Waals surface area contributed by atoms with Gasteiger partial charge in [0.15, 0.2) is 0 Å². The first-order valence-corrected chi connectivity index (χ1v) is 19.6. The van der Waals surface area contributed by atoms with Crippen LogP contribution in [0.5, 0.6) is 0 Å². The number of fused-ring (bicyclic) bond motifs is 9. The maximum absolute atomic E-state index is 2.47. The van der Waals surface area contributed by atoms with Crippen LogP contribution in [0.4, 0.5) is 17.1 Å². The Hall–Kier alpha value is -6.96. The molecule has 264 valence electrons. The first-order valence-electron chi connectivity index (χ1n) is 19.6. The van der Waals surface area contributed by atoms with Crippen LogP contribution in [0.15, 0.2) is 200 Å². The van der Waals surface area contributed by atoms with E-state index >= 15 is 0 Å². The van der Waals surface area contributed by atoms with Crippen molar-refractivity contribution in [2.24, 2.45) is 0 Å². The van der Waals surface area contributed by atoms with Crippen LogP contribution in [0, 0.1) is 0 Å². The second-order valence-electron chi connectivity index (χ2n) is 15.7. The molecule has 0 atom stereocenters. The van der Waals surface area contributed by atoms with Crippen molar-refractivity contribution in [3.8, 4) is 33.4 Å². The van der Waals surface area contributed by atoms with Gasteiger partial charge in [-0.3, -0.25) is 0 Å². The lowest BCUT2D eigenvalue weighted by Crippen LogP contribution is -2.16. The van der Waals surface area contributed by atoms with E-state index in [1.165, 1.54) is 93.3 Å². The zero-order chi connectivity index (χ0) is 37.4. The van der Waals surface area contributed by atoms with Gasteiger partial charge >= 0.3 is 0 Å². The maximum Gasteiger partial charge on any atom is 0.0543 e. The van der Waals surface area contributed by atoms with Gasteiger partial charge in [-0.15, -0.1) is 0 Å². The van der Waals surface area contributed by atoms with Crippen molar-refractivity contribution >= 4 is 60.2 Å². The molecule has 0 aromatic heterocycles. The highest BCUT2D eigenvalue weighted by Gasteiger charge is 2.37. The molecule has 0 heterocycles. The van der Waals surface area contributed by atoms with E-state index in [1.54, 1.807) is 0 Å². The molecule has 0 unspecified atom stereocenters. The average Bonchev–Trinajstić information content (AvgIpc) is 3.49. The molecule has 0 spiro atoms. The molecule has 0 saturated carbocycles. The van der Waals surface area contributed by atoms with E-state index in [4.69, 9.17) is 0 Å². The molecule has 1 aliphatic rings. The summed E-state index contributed by atoms with van der Waals surface area (Å²) in [6, 6.07) is 74.0. The Balaban J connectivity index is 1.07. The molecule has 56 heavy (non-hydrogen) atoms. The number of hydrogen-bond donors (Lipinski definition) is 0. The zero-order valence-electron chi connectivity index (χ0n) is 31.5. The highest BCUT2D eigenvalue weighted by atomic mass is 15.1. The van der Waals surface area contributed by atoms with Crippen molar-refractivity contribution in [1.29, 1.82) is 0 Å². The first kappa shape index (κ1) is 32.5. The molecule has 10 aromatic carbocycles. The Labute approximate surface area is 327 Å². The van der Waals surface area contributed by atoms with Crippen LogP contribution in [-0.4, -0.2) is 0 Å². The topological polar surface area (TPSA) is 3.24 Å². The molecule has 1 aliphatic carbocycles. The summed E-state index contributed by atoms with van der Waals surface area (Å²) in [6.07, 6.45) is 0. The number of rotatable bonds is 5. The Kier molecular flexibility index (Phi) is 7.28. The van der Waals surface area contributed by atoms with Crippen molar-refractivity contribution in [2.75, 3.05) is 4.90 Å². The summed E-state index contributed by atoms with van der Waals surface area (Å²) in [7, 11) is 0. The summed E-state index contributed by atoms with van der Waals surface area (Å²) < 4.78 is 0. The number of anilines is 3. The van der Waals surface area contributed by atoms with Crippen LogP contribution >= 0.6 is 0 Å². The molecule has 0 bridgehead atoms. The summed E-state index contributed by atoms with van der Waals surface area (Å²) in [6.45, 7) is 4.72. The van der Waals surface area contributed by atoms with E-state index in [0.29, 0.717) is 0 Å². The van der Waals surface area contributed by atoms with Crippen molar-refractivity contribution in [1.82, 2.24) is 0 Å². The maximum atomic E-state index is 2.47. The predicted octanol–water partition coefficient (Wildman–Crippen LogP) is 15.4. The molecule has 10 aromatic rings. The van der Waals surface area contributed by atoms with Gasteiger partial charge in [0, 0.05) is 22.4 Å². The summed E-state index contributed by atoms with van der Waals surface area (Å²) in [5, 5.41) is 10.2. The Bertz CT molecular complexity index is 3160. The van der Waals surface area contributed by atoms with E-state index in [1.807, 2.05) is 0 Å². The number of hydrogen-bond acceptors (Lipinski definition) is 1. The normalized spacial score (nSPS) is 13.0. The first-order chi connectivity index (χ1) is 27.5. The summed E-state index contributed by atoms with van der Waals surface area (Å²) in [4.78, 5) is 2.47. The van der Waals surface area contributed by atoms with Gasteiger partial charge in [0.25, 0.3) is 0 Å². The monoisotopic (exact) mass is 713 g/mol. The van der Waals surface area contributed by atoms with Crippen molar-refractivity contribution in [2.45, 2.75) is 19.3 Å². The van der Waals surface area contributed by atoms with Gasteiger partial charge in [-0.05, 0) is 118 Å². The third kappa shape index (κ3) is 5.01. The van der Waals surface area contributed by atoms with E-state index in [2.05, 4.69) is 219 Å². The molecule has 0 radical (unpaired) electrons. The van der Waals surface area contributed by atoms with Gasteiger partial charge in [-0.2, -0.15) is 0 Å². The smallest absolute Gasteiger partial charge is 0.0543 e. The number of nitrogens with zero attached hydrogens (tertiary/aromatic N) is 1. The lowest BCUT2D eigenvalue weighted by Gasteiger charge is -2.29. The van der Waals surface area contributed by atoms with Gasteiger partial charge in [-0.1, -0.05) is 178 Å². The minimum Gasteiger partial charge on any atom is -0.310 e. The van der Waals surface area contributed by atoms with Gasteiger partial charge in [0.05, 0.1) is 5.69 Å². The van der Waals surface area contributed by atoms with Crippen molar-refractivity contribution in [3.05, 3.63) is 211 Å². The van der Waals surface area contributed by atoms with E-state index in [9.17, 15) is 0 Å². The second kappa shape index (κ2) is 12.5. The van der Waals surface area contributed by atoms with Gasteiger partial charge in [0.2, 0.25) is 0 Å². The average molecular weight is 714 g/mol. The lowest BCUT2D eigenvalue weighted by atomic mass is 9.82. The summed E-state index contributed by atoms with van der Waals surface area (Å²) >= 11 is 0. The van der Waals surface area contributed by atoms with Crippen LogP contribution in [0.1, 0.15) is 25.0 Å². The highest BCUT2D eigenvalue weighted by molar-refractivity contribution is 6.17. The van der Waals surface area contributed by atoms with E-state index in [-0.39, 0.29) is 5.41 Å². The fourth-order valence-corrected chi connectivity index (χ4v) is 9.44. The molecule has 0 N–H and O–H groups in total. The molecule has 1 heteroatoms. The summed E-state index contributed by atoms with van der Waals surface area (Å²) in [5.74, 6) is 0. The fraction of sp³-hybridized carbons (Fsp3) is 0.0545. The molecular weight excluding hydrogens is 675 g/mol. The second-order valence-corrected chi connectivity index (χ2v) is 15.7. The van der Waals surface area contributed by atoms with Gasteiger partial charge < -0.3 is 4.90 Å². The van der Waals surface area contributed by atoms with Crippen LogP contribution in [-0.2, 0) is 5.41 Å². The SMILES string of the molecule is CC1(C)c2ccccc2-c2c(N(c3ccc(-c4ccc5ccc6c7ccccc7ccc6c5c4)cc3)c3cccc(-c4cccc5ccccc45)c3)cccc21. The van der Waals surface area contributed by atoms with Crippen molar-refractivity contribution in [3.63, 3.8) is 0 Å². The third-order valence-electron chi connectivity index (χ3n) is 12.2. The van der Waals surface area contributed by atoms with Crippen LogP contribution in [0.25, 0.3) is 76.5 Å². The molecule has 11 rings (SSSR count). The Morgan fingerprint density at radius 3 is 1.77 bits per heavy atom. The molecule has 0 saturated heterocycles. The van der Waals surface area contributed by atoms with Gasteiger partial charge in [0.1, 0.15) is 0 Å². The van der Waals surface area contributed by atoms with Crippen LogP contribution in [0.3, 0.4) is 0 Å². The van der Waals surface area contributed by atoms with Crippen LogP contribution < -0.4 is 4.90 Å². The fourth-order valence-electron chi connectivity index (χ4n) is 9.44. The minimum absolute atomic E-state index is 0.102. The van der Waals surface area contributed by atoms with Crippen LogP contribution in [0.2, 0.25) is 0 Å². The summed E-state index contributed by atoms with van der Waals surface area (Å²) in [5.41, 5.74) is 13.5. The molecule has 1 nitrogen and oxygen atoms in total. The quantitative estimate of drug-likeness (QED) is 0.161. The zero-order valence-corrected chi connectivity index (χ0v) is 31.5.